The number of hydrogen-bond donors (Lipinski definition) is 1. The molecule has 168 valence electrons. The van der Waals surface area contributed by atoms with Gasteiger partial charge in [-0.05, 0) is 18.3 Å². The Kier molecular flexibility index (Phi) is 13.2. The van der Waals surface area contributed by atoms with Gasteiger partial charge in [-0.2, -0.15) is 0 Å². The first-order valence-corrected chi connectivity index (χ1v) is 10.7. The zero-order valence-electron chi connectivity index (χ0n) is 16.8. The summed E-state index contributed by atoms with van der Waals surface area (Å²) >= 11 is 22.1. The molecule has 11 heteroatoms. The van der Waals surface area contributed by atoms with E-state index in [0.717, 1.165) is 0 Å². The maximum Gasteiger partial charge on any atom is 0.328 e. The minimum absolute atomic E-state index is 0.00774. The minimum Gasteiger partial charge on any atom is -0.460 e. The van der Waals surface area contributed by atoms with Gasteiger partial charge in [-0.1, -0.05) is 62.5 Å². The van der Waals surface area contributed by atoms with Crippen LogP contribution in [0.3, 0.4) is 0 Å². The van der Waals surface area contributed by atoms with E-state index in [1.807, 2.05) is 27.7 Å². The van der Waals surface area contributed by atoms with Crippen molar-refractivity contribution in [2.24, 2.45) is 11.8 Å². The molecule has 0 saturated carbocycles. The summed E-state index contributed by atoms with van der Waals surface area (Å²) in [6.45, 7) is 6.84. The SMILES string of the molecule is CC(C)CC(=O)C(CC(=O)NC(CC(C)C)C(=O)OCC(Cl)(Cl)Cl)OC(=O)CCl. The average molecular weight is 495 g/mol. The molecule has 2 unspecified atom stereocenters. The molecule has 0 aliphatic carbocycles. The highest BCUT2D eigenvalue weighted by molar-refractivity contribution is 6.67. The number of rotatable bonds is 12. The molecule has 1 N–H and O–H groups in total. The molecule has 1 amide bonds. The fraction of sp³-hybridized carbons (Fsp3) is 0.778. The monoisotopic (exact) mass is 493 g/mol. The van der Waals surface area contributed by atoms with Crippen molar-refractivity contribution in [1.82, 2.24) is 5.32 Å². The molecule has 0 heterocycles. The van der Waals surface area contributed by atoms with Crippen LogP contribution in [0.4, 0.5) is 0 Å². The summed E-state index contributed by atoms with van der Waals surface area (Å²) in [5.41, 5.74) is 0. The Morgan fingerprint density at radius 1 is 0.966 bits per heavy atom. The molecule has 0 aromatic rings. The lowest BCUT2D eigenvalue weighted by molar-refractivity contribution is -0.155. The number of ether oxygens (including phenoxy) is 2. The second kappa shape index (κ2) is 13.5. The molecule has 0 fully saturated rings. The molecule has 0 radical (unpaired) electrons. The van der Waals surface area contributed by atoms with Crippen molar-refractivity contribution < 1.29 is 28.7 Å². The van der Waals surface area contributed by atoms with Gasteiger partial charge in [-0.25, -0.2) is 4.79 Å². The molecule has 0 aromatic heterocycles. The molecule has 0 aliphatic heterocycles. The van der Waals surface area contributed by atoms with Crippen molar-refractivity contribution in [3.05, 3.63) is 0 Å². The summed E-state index contributed by atoms with van der Waals surface area (Å²) < 4.78 is 8.15. The van der Waals surface area contributed by atoms with E-state index in [1.165, 1.54) is 0 Å². The summed E-state index contributed by atoms with van der Waals surface area (Å²) in [4.78, 5) is 48.5. The van der Waals surface area contributed by atoms with Crippen LogP contribution in [-0.2, 0) is 28.7 Å². The van der Waals surface area contributed by atoms with Gasteiger partial charge in [-0.15, -0.1) is 11.6 Å². The van der Waals surface area contributed by atoms with Crippen molar-refractivity contribution in [1.29, 1.82) is 0 Å². The van der Waals surface area contributed by atoms with Crippen LogP contribution in [0.5, 0.6) is 0 Å². The van der Waals surface area contributed by atoms with E-state index in [2.05, 4.69) is 5.32 Å². The number of amides is 1. The third kappa shape index (κ3) is 14.0. The second-order valence-electron chi connectivity index (χ2n) is 7.35. The van der Waals surface area contributed by atoms with E-state index >= 15 is 0 Å². The molecule has 0 saturated heterocycles. The fourth-order valence-corrected chi connectivity index (χ4v) is 2.53. The van der Waals surface area contributed by atoms with Crippen LogP contribution in [0.1, 0.15) is 47.0 Å². The van der Waals surface area contributed by atoms with Gasteiger partial charge in [0.15, 0.2) is 11.9 Å². The Bertz CT molecular complexity index is 577. The van der Waals surface area contributed by atoms with E-state index in [-0.39, 0.29) is 24.7 Å². The predicted molar refractivity (Wildman–Crippen MR) is 112 cm³/mol. The standard InChI is InChI=1S/C18H27Cl4NO6/c1-10(2)5-12(17(27)28-9-18(20,21)22)23-15(25)7-14(29-16(26)8-19)13(24)6-11(3)4/h10-12,14H,5-9H2,1-4H3,(H,23,25). The molecule has 29 heavy (non-hydrogen) atoms. The predicted octanol–water partition coefficient (Wildman–Crippen LogP) is 3.59. The highest BCUT2D eigenvalue weighted by Gasteiger charge is 2.31. The van der Waals surface area contributed by atoms with Crippen LogP contribution in [0.25, 0.3) is 0 Å². The molecule has 2 atom stereocenters. The smallest absolute Gasteiger partial charge is 0.328 e. The van der Waals surface area contributed by atoms with E-state index in [1.54, 1.807) is 0 Å². The molecule has 7 nitrogen and oxygen atoms in total. The number of carbonyl (C=O) groups is 4. The lowest BCUT2D eigenvalue weighted by Gasteiger charge is -2.22. The Morgan fingerprint density at radius 3 is 2.00 bits per heavy atom. The van der Waals surface area contributed by atoms with Gasteiger partial charge < -0.3 is 14.8 Å². The zero-order valence-corrected chi connectivity index (χ0v) is 19.8. The Balaban J connectivity index is 5.14. The molecule has 0 rings (SSSR count). The number of ketones is 1. The third-order valence-corrected chi connectivity index (χ3v) is 3.97. The van der Waals surface area contributed by atoms with Crippen LogP contribution in [0.15, 0.2) is 0 Å². The number of hydrogen-bond acceptors (Lipinski definition) is 6. The first kappa shape index (κ1) is 28.2. The number of carbonyl (C=O) groups excluding carboxylic acids is 4. The highest BCUT2D eigenvalue weighted by atomic mass is 35.6. The van der Waals surface area contributed by atoms with Crippen LogP contribution < -0.4 is 5.32 Å². The Morgan fingerprint density at radius 2 is 1.55 bits per heavy atom. The second-order valence-corrected chi connectivity index (χ2v) is 10.1. The number of alkyl halides is 4. The molecular weight excluding hydrogens is 468 g/mol. The van der Waals surface area contributed by atoms with Crippen LogP contribution >= 0.6 is 46.4 Å². The molecule has 0 spiro atoms. The number of Topliss-reactive ketones (excluding diaryl/α,β-unsaturated/α-hetero) is 1. The van der Waals surface area contributed by atoms with E-state index in [4.69, 9.17) is 55.9 Å². The first-order valence-electron chi connectivity index (χ1n) is 9.06. The van der Waals surface area contributed by atoms with Gasteiger partial charge in [-0.3, -0.25) is 14.4 Å². The molecule has 0 aromatic carbocycles. The van der Waals surface area contributed by atoms with E-state index in [0.29, 0.717) is 0 Å². The van der Waals surface area contributed by atoms with Crippen LogP contribution in [-0.4, -0.2) is 52.1 Å². The number of esters is 2. The number of nitrogens with one attached hydrogen (secondary N) is 1. The van der Waals surface area contributed by atoms with Crippen molar-refractivity contribution in [2.75, 3.05) is 12.5 Å². The van der Waals surface area contributed by atoms with Gasteiger partial charge in [0.1, 0.15) is 18.5 Å². The highest BCUT2D eigenvalue weighted by Crippen LogP contribution is 2.26. The number of halogens is 4. The summed E-state index contributed by atoms with van der Waals surface area (Å²) in [6.07, 6.45) is -1.36. The molecular formula is C18H27Cl4NO6. The largest absolute Gasteiger partial charge is 0.460 e. The Labute approximate surface area is 191 Å². The van der Waals surface area contributed by atoms with Gasteiger partial charge >= 0.3 is 11.9 Å². The van der Waals surface area contributed by atoms with Gasteiger partial charge in [0, 0.05) is 6.42 Å². The molecule has 0 bridgehead atoms. The van der Waals surface area contributed by atoms with Crippen molar-refractivity contribution in [3.8, 4) is 0 Å². The first-order chi connectivity index (χ1) is 13.2. The summed E-state index contributed by atoms with van der Waals surface area (Å²) in [5.74, 6) is -3.07. The topological polar surface area (TPSA) is 98.8 Å². The zero-order chi connectivity index (χ0) is 22.8. The lowest BCUT2D eigenvalue weighted by atomic mass is 10.0. The van der Waals surface area contributed by atoms with Gasteiger partial charge in [0.2, 0.25) is 9.70 Å². The van der Waals surface area contributed by atoms with Crippen LogP contribution in [0, 0.1) is 11.8 Å². The molecule has 0 aliphatic rings. The maximum absolute atomic E-state index is 12.4. The van der Waals surface area contributed by atoms with E-state index in [9.17, 15) is 19.2 Å². The fourth-order valence-electron chi connectivity index (χ4n) is 2.31. The average Bonchev–Trinajstić information content (AvgIpc) is 2.56. The van der Waals surface area contributed by atoms with Gasteiger partial charge in [0.25, 0.3) is 0 Å². The van der Waals surface area contributed by atoms with Crippen molar-refractivity contribution >= 4 is 70.0 Å². The third-order valence-electron chi connectivity index (χ3n) is 3.43. The minimum atomic E-state index is -1.79. The lowest BCUT2D eigenvalue weighted by Crippen LogP contribution is -2.45. The summed E-state index contributed by atoms with van der Waals surface area (Å²) in [6, 6.07) is -1.01. The quantitative estimate of drug-likeness (QED) is 0.328. The Hall–Kier alpha value is -0.760. The van der Waals surface area contributed by atoms with Crippen molar-refractivity contribution in [3.63, 3.8) is 0 Å². The summed E-state index contributed by atoms with van der Waals surface area (Å²) in [7, 11) is 0. The normalized spacial score (nSPS) is 13.7. The van der Waals surface area contributed by atoms with Crippen molar-refractivity contribution in [2.45, 2.75) is 62.9 Å². The summed E-state index contributed by atoms with van der Waals surface area (Å²) in [5, 5.41) is 2.50. The maximum atomic E-state index is 12.4. The van der Waals surface area contributed by atoms with Gasteiger partial charge in [0.05, 0.1) is 6.42 Å². The van der Waals surface area contributed by atoms with E-state index < -0.39 is 58.5 Å². The van der Waals surface area contributed by atoms with Crippen LogP contribution in [0.2, 0.25) is 0 Å².